The van der Waals surface area contributed by atoms with Crippen molar-refractivity contribution < 1.29 is 14.3 Å². The molecular weight excluding hydrogens is 292 g/mol. The molecule has 0 saturated carbocycles. The average molecular weight is 318 g/mol. The first-order valence-electron chi connectivity index (χ1n) is 8.40. The third-order valence-electron chi connectivity index (χ3n) is 4.18. The fourth-order valence-electron chi connectivity index (χ4n) is 3.08. The standard InChI is InChI=1S/C18H26N2O3/c1-18(2,3)23-17(21)20-9-6-13-12-15(4-5-16(13)20)19-14-7-10-22-11-8-14/h4-5,12,14,19H,6-11H2,1-3H3. The van der Waals surface area contributed by atoms with Gasteiger partial charge in [-0.2, -0.15) is 0 Å². The number of nitrogens with zero attached hydrogens (tertiary/aromatic N) is 1. The van der Waals surface area contributed by atoms with Crippen molar-refractivity contribution in [2.75, 3.05) is 30.0 Å². The Morgan fingerprint density at radius 3 is 2.74 bits per heavy atom. The summed E-state index contributed by atoms with van der Waals surface area (Å²) < 4.78 is 10.9. The molecule has 1 fully saturated rings. The maximum Gasteiger partial charge on any atom is 0.414 e. The minimum absolute atomic E-state index is 0.263. The Morgan fingerprint density at radius 2 is 2.04 bits per heavy atom. The Kier molecular flexibility index (Phi) is 4.48. The van der Waals surface area contributed by atoms with Crippen molar-refractivity contribution in [3.63, 3.8) is 0 Å². The highest BCUT2D eigenvalue weighted by Gasteiger charge is 2.29. The average Bonchev–Trinajstić information content (AvgIpc) is 2.90. The van der Waals surface area contributed by atoms with Gasteiger partial charge in [-0.3, -0.25) is 4.90 Å². The lowest BCUT2D eigenvalue weighted by Crippen LogP contribution is -2.35. The molecule has 0 atom stereocenters. The van der Waals surface area contributed by atoms with E-state index in [1.807, 2.05) is 26.8 Å². The van der Waals surface area contributed by atoms with E-state index in [4.69, 9.17) is 9.47 Å². The zero-order valence-electron chi connectivity index (χ0n) is 14.2. The van der Waals surface area contributed by atoms with Gasteiger partial charge in [0.05, 0.1) is 5.69 Å². The van der Waals surface area contributed by atoms with Crippen LogP contribution in [0.15, 0.2) is 18.2 Å². The number of anilines is 2. The van der Waals surface area contributed by atoms with Crippen LogP contribution in [0, 0.1) is 0 Å². The molecule has 0 unspecified atom stereocenters. The van der Waals surface area contributed by atoms with E-state index in [1.165, 1.54) is 5.56 Å². The van der Waals surface area contributed by atoms with Crippen molar-refractivity contribution in [1.82, 2.24) is 0 Å². The minimum Gasteiger partial charge on any atom is -0.443 e. The third kappa shape index (κ3) is 3.96. The monoisotopic (exact) mass is 318 g/mol. The Labute approximate surface area is 137 Å². The molecule has 0 aromatic heterocycles. The maximum absolute atomic E-state index is 12.3. The Morgan fingerprint density at radius 1 is 1.30 bits per heavy atom. The SMILES string of the molecule is CC(C)(C)OC(=O)N1CCc2cc(NC3CCOCC3)ccc21. The molecule has 1 amide bonds. The number of carbonyl (C=O) groups is 1. The predicted molar refractivity (Wildman–Crippen MR) is 91.2 cm³/mol. The van der Waals surface area contributed by atoms with Crippen LogP contribution < -0.4 is 10.2 Å². The van der Waals surface area contributed by atoms with Crippen LogP contribution in [-0.4, -0.2) is 37.5 Å². The molecule has 0 radical (unpaired) electrons. The van der Waals surface area contributed by atoms with Gasteiger partial charge in [0.2, 0.25) is 0 Å². The molecule has 0 aliphatic carbocycles. The summed E-state index contributed by atoms with van der Waals surface area (Å²) in [6.07, 6.45) is 2.70. The topological polar surface area (TPSA) is 50.8 Å². The summed E-state index contributed by atoms with van der Waals surface area (Å²) >= 11 is 0. The van der Waals surface area contributed by atoms with Crippen molar-refractivity contribution in [2.24, 2.45) is 0 Å². The van der Waals surface area contributed by atoms with E-state index in [0.717, 1.165) is 43.9 Å². The van der Waals surface area contributed by atoms with Crippen LogP contribution in [0.4, 0.5) is 16.2 Å². The molecular formula is C18H26N2O3. The minimum atomic E-state index is -0.468. The van der Waals surface area contributed by atoms with Gasteiger partial charge < -0.3 is 14.8 Å². The van der Waals surface area contributed by atoms with Crippen LogP contribution in [0.1, 0.15) is 39.2 Å². The first-order chi connectivity index (χ1) is 10.9. The first-order valence-corrected chi connectivity index (χ1v) is 8.40. The number of benzene rings is 1. The van der Waals surface area contributed by atoms with Gasteiger partial charge in [0, 0.05) is 31.5 Å². The highest BCUT2D eigenvalue weighted by Crippen LogP contribution is 2.32. The van der Waals surface area contributed by atoms with Crippen LogP contribution in [0.25, 0.3) is 0 Å². The second-order valence-electron chi connectivity index (χ2n) is 7.26. The van der Waals surface area contributed by atoms with E-state index in [9.17, 15) is 4.79 Å². The molecule has 3 rings (SSSR count). The lowest BCUT2D eigenvalue weighted by molar-refractivity contribution is 0.0584. The number of carbonyl (C=O) groups excluding carboxylic acids is 1. The summed E-state index contributed by atoms with van der Waals surface area (Å²) in [6, 6.07) is 6.71. The highest BCUT2D eigenvalue weighted by atomic mass is 16.6. The normalized spacial score (nSPS) is 18.7. The summed E-state index contributed by atoms with van der Waals surface area (Å²) in [7, 11) is 0. The number of nitrogens with one attached hydrogen (secondary N) is 1. The number of hydrogen-bond donors (Lipinski definition) is 1. The van der Waals surface area contributed by atoms with Gasteiger partial charge in [0.25, 0.3) is 0 Å². The van der Waals surface area contributed by atoms with Gasteiger partial charge in [-0.15, -0.1) is 0 Å². The van der Waals surface area contributed by atoms with Crippen LogP contribution in [0.5, 0.6) is 0 Å². The lowest BCUT2D eigenvalue weighted by Gasteiger charge is -2.26. The molecule has 5 nitrogen and oxygen atoms in total. The summed E-state index contributed by atoms with van der Waals surface area (Å²) in [5, 5.41) is 3.58. The largest absolute Gasteiger partial charge is 0.443 e. The number of amides is 1. The number of fused-ring (bicyclic) bond motifs is 1. The van der Waals surface area contributed by atoms with Gasteiger partial charge in [0.1, 0.15) is 5.60 Å². The van der Waals surface area contributed by atoms with Gasteiger partial charge in [0.15, 0.2) is 0 Å². The number of ether oxygens (including phenoxy) is 2. The molecule has 1 N–H and O–H groups in total. The van der Waals surface area contributed by atoms with Crippen LogP contribution in [-0.2, 0) is 15.9 Å². The third-order valence-corrected chi connectivity index (χ3v) is 4.18. The maximum atomic E-state index is 12.3. The molecule has 2 heterocycles. The van der Waals surface area contributed by atoms with Gasteiger partial charge >= 0.3 is 6.09 Å². The van der Waals surface area contributed by atoms with E-state index < -0.39 is 5.60 Å². The summed E-state index contributed by atoms with van der Waals surface area (Å²) in [5.41, 5.74) is 2.83. The van der Waals surface area contributed by atoms with Crippen molar-refractivity contribution in [3.05, 3.63) is 23.8 Å². The molecule has 2 aliphatic heterocycles. The molecule has 1 aromatic rings. The van der Waals surface area contributed by atoms with Crippen molar-refractivity contribution in [3.8, 4) is 0 Å². The number of rotatable bonds is 2. The smallest absolute Gasteiger partial charge is 0.414 e. The summed E-state index contributed by atoms with van der Waals surface area (Å²) in [5.74, 6) is 0. The first kappa shape index (κ1) is 16.1. The molecule has 0 spiro atoms. The fourth-order valence-corrected chi connectivity index (χ4v) is 3.08. The van der Waals surface area contributed by atoms with Crippen molar-refractivity contribution in [2.45, 2.75) is 51.7 Å². The lowest BCUT2D eigenvalue weighted by atomic mass is 10.1. The van der Waals surface area contributed by atoms with Crippen molar-refractivity contribution >= 4 is 17.5 Å². The fraction of sp³-hybridized carbons (Fsp3) is 0.611. The second-order valence-corrected chi connectivity index (χ2v) is 7.26. The van der Waals surface area contributed by atoms with Crippen LogP contribution in [0.2, 0.25) is 0 Å². The molecule has 126 valence electrons. The van der Waals surface area contributed by atoms with E-state index in [1.54, 1.807) is 4.90 Å². The van der Waals surface area contributed by atoms with Gasteiger partial charge in [-0.25, -0.2) is 4.79 Å². The predicted octanol–water partition coefficient (Wildman–Crippen LogP) is 3.58. The van der Waals surface area contributed by atoms with Gasteiger partial charge in [-0.1, -0.05) is 0 Å². The molecule has 1 aromatic carbocycles. The molecule has 0 bridgehead atoms. The quantitative estimate of drug-likeness (QED) is 0.905. The molecule has 5 heteroatoms. The van der Waals surface area contributed by atoms with Crippen LogP contribution in [0.3, 0.4) is 0 Å². The summed E-state index contributed by atoms with van der Waals surface area (Å²) in [6.45, 7) is 8.02. The Bertz CT molecular complexity index is 574. The number of hydrogen-bond acceptors (Lipinski definition) is 4. The van der Waals surface area contributed by atoms with E-state index >= 15 is 0 Å². The van der Waals surface area contributed by atoms with E-state index in [2.05, 4.69) is 17.4 Å². The zero-order chi connectivity index (χ0) is 16.4. The van der Waals surface area contributed by atoms with Crippen molar-refractivity contribution in [1.29, 1.82) is 0 Å². The second kappa shape index (κ2) is 6.40. The zero-order valence-corrected chi connectivity index (χ0v) is 14.2. The Balaban J connectivity index is 1.68. The molecule has 23 heavy (non-hydrogen) atoms. The molecule has 2 aliphatic rings. The van der Waals surface area contributed by atoms with E-state index in [-0.39, 0.29) is 6.09 Å². The Hall–Kier alpha value is -1.75. The van der Waals surface area contributed by atoms with Crippen LogP contribution >= 0.6 is 0 Å². The van der Waals surface area contributed by atoms with E-state index in [0.29, 0.717) is 12.6 Å². The molecule has 1 saturated heterocycles. The summed E-state index contributed by atoms with van der Waals surface area (Å²) in [4.78, 5) is 14.0. The highest BCUT2D eigenvalue weighted by molar-refractivity contribution is 5.91. The van der Waals surface area contributed by atoms with Gasteiger partial charge in [-0.05, 0) is 63.8 Å².